The third-order valence-corrected chi connectivity index (χ3v) is 4.37. The summed E-state index contributed by atoms with van der Waals surface area (Å²) >= 11 is 0. The van der Waals surface area contributed by atoms with Gasteiger partial charge in [0.2, 0.25) is 0 Å². The van der Waals surface area contributed by atoms with E-state index in [-0.39, 0.29) is 5.82 Å². The van der Waals surface area contributed by atoms with Crippen molar-refractivity contribution in [3.05, 3.63) is 102 Å². The maximum absolute atomic E-state index is 14.1. The molecule has 0 fully saturated rings. The molecule has 0 unspecified atom stereocenters. The minimum atomic E-state index is -0.303. The zero-order valence-electron chi connectivity index (χ0n) is 13.9. The lowest BCUT2D eigenvalue weighted by molar-refractivity contribution is 0.618. The number of halogens is 1. The summed E-state index contributed by atoms with van der Waals surface area (Å²) in [5.41, 5.74) is 2.58. The summed E-state index contributed by atoms with van der Waals surface area (Å²) in [6, 6.07) is 26.5. The quantitative estimate of drug-likeness (QED) is 0.432. The van der Waals surface area contributed by atoms with Crippen LogP contribution in [0.15, 0.2) is 85.1 Å². The monoisotopic (exact) mass is 338 g/mol. The van der Waals surface area contributed by atoms with Gasteiger partial charge in [-0.25, -0.2) is 4.39 Å². The first-order valence-corrected chi connectivity index (χ1v) is 8.29. The van der Waals surface area contributed by atoms with Crippen molar-refractivity contribution in [3.63, 3.8) is 0 Å². The summed E-state index contributed by atoms with van der Waals surface area (Å²) in [7, 11) is 0. The van der Waals surface area contributed by atoms with E-state index >= 15 is 0 Å². The molecule has 3 heteroatoms. The number of hydrogen-bond donors (Lipinski definition) is 0. The van der Waals surface area contributed by atoms with Crippen LogP contribution in [0.5, 0.6) is 0 Å². The third kappa shape index (κ3) is 2.89. The fraction of sp³-hybridized carbons (Fsp3) is 0. The summed E-state index contributed by atoms with van der Waals surface area (Å²) in [6.45, 7) is 0. The van der Waals surface area contributed by atoms with Crippen molar-refractivity contribution in [3.8, 4) is 11.8 Å². The Kier molecular flexibility index (Phi) is 4.09. The van der Waals surface area contributed by atoms with Gasteiger partial charge in [0.15, 0.2) is 0 Å². The molecule has 124 valence electrons. The molecule has 0 radical (unpaired) electrons. The largest absolute Gasteiger partial charge is 0.314 e. The number of rotatable bonds is 3. The molecule has 0 N–H and O–H groups in total. The average molecular weight is 338 g/mol. The second-order valence-electron chi connectivity index (χ2n) is 5.99. The topological polar surface area (TPSA) is 28.7 Å². The molecule has 4 aromatic rings. The highest BCUT2D eigenvalue weighted by atomic mass is 19.1. The molecule has 0 spiro atoms. The molecular weight excluding hydrogens is 323 g/mol. The zero-order valence-corrected chi connectivity index (χ0v) is 13.9. The lowest BCUT2D eigenvalue weighted by Crippen LogP contribution is -1.98. The van der Waals surface area contributed by atoms with E-state index in [0.29, 0.717) is 11.3 Å². The van der Waals surface area contributed by atoms with E-state index in [9.17, 15) is 9.65 Å². The molecule has 3 aromatic carbocycles. The number of fused-ring (bicyclic) bond motifs is 1. The summed E-state index contributed by atoms with van der Waals surface area (Å²) in [4.78, 5) is 0. The number of nitrogens with zero attached hydrogens (tertiary/aromatic N) is 2. The molecule has 0 bridgehead atoms. The van der Waals surface area contributed by atoms with E-state index in [4.69, 9.17) is 0 Å². The van der Waals surface area contributed by atoms with Crippen LogP contribution >= 0.6 is 0 Å². The lowest BCUT2D eigenvalue weighted by Gasteiger charge is -2.08. The molecule has 0 saturated heterocycles. The van der Waals surface area contributed by atoms with Gasteiger partial charge in [-0.1, -0.05) is 48.5 Å². The Labute approximate surface area is 151 Å². The second kappa shape index (κ2) is 6.70. The van der Waals surface area contributed by atoms with E-state index in [1.165, 1.54) is 6.07 Å². The molecule has 4 rings (SSSR count). The highest BCUT2D eigenvalue weighted by molar-refractivity contribution is 5.94. The van der Waals surface area contributed by atoms with Gasteiger partial charge < -0.3 is 4.57 Å². The summed E-state index contributed by atoms with van der Waals surface area (Å²) in [5.74, 6) is -0.303. The van der Waals surface area contributed by atoms with Crippen LogP contribution < -0.4 is 0 Å². The van der Waals surface area contributed by atoms with Crippen LogP contribution in [0.1, 0.15) is 11.3 Å². The Balaban J connectivity index is 1.81. The van der Waals surface area contributed by atoms with E-state index in [1.807, 2.05) is 54.6 Å². The minimum absolute atomic E-state index is 0.303. The van der Waals surface area contributed by atoms with Gasteiger partial charge in [0.1, 0.15) is 5.82 Å². The van der Waals surface area contributed by atoms with Crippen molar-refractivity contribution < 1.29 is 4.39 Å². The first kappa shape index (κ1) is 15.9. The number of allylic oxidation sites excluding steroid dienone is 1. The van der Waals surface area contributed by atoms with Crippen molar-refractivity contribution >= 4 is 22.4 Å². The standard InChI is InChI=1S/C23H15FN2/c24-22-9-3-4-10-23(22)26-13-5-8-21(26)15-20(16-25)19-12-11-17-6-1-2-7-18(17)14-19/h1-15H/b20-15-. The SMILES string of the molecule is N#C/C(=C/c1cccn1-c1ccccc1F)c1ccc2ccccc2c1. The summed E-state index contributed by atoms with van der Waals surface area (Å²) in [6.07, 6.45) is 3.58. The van der Waals surface area contributed by atoms with Crippen molar-refractivity contribution in [2.24, 2.45) is 0 Å². The molecule has 1 aromatic heterocycles. The molecule has 0 aliphatic heterocycles. The Hall–Kier alpha value is -3.64. The van der Waals surface area contributed by atoms with Crippen LogP contribution in [0, 0.1) is 17.1 Å². The molecule has 26 heavy (non-hydrogen) atoms. The van der Waals surface area contributed by atoms with Gasteiger partial charge in [0.25, 0.3) is 0 Å². The maximum Gasteiger partial charge on any atom is 0.147 e. The molecule has 0 saturated carbocycles. The van der Waals surface area contributed by atoms with Gasteiger partial charge in [0, 0.05) is 11.9 Å². The van der Waals surface area contributed by atoms with Crippen LogP contribution in [0.2, 0.25) is 0 Å². The number of aromatic nitrogens is 1. The van der Waals surface area contributed by atoms with Crippen LogP contribution in [0.25, 0.3) is 28.1 Å². The number of para-hydroxylation sites is 1. The lowest BCUT2D eigenvalue weighted by atomic mass is 10.0. The molecule has 0 amide bonds. The van der Waals surface area contributed by atoms with E-state index < -0.39 is 0 Å². The van der Waals surface area contributed by atoms with E-state index in [2.05, 4.69) is 6.07 Å². The molecule has 0 atom stereocenters. The van der Waals surface area contributed by atoms with Gasteiger partial charge in [-0.15, -0.1) is 0 Å². The summed E-state index contributed by atoms with van der Waals surface area (Å²) in [5, 5.41) is 11.9. The molecular formula is C23H15FN2. The molecule has 0 aliphatic rings. The van der Waals surface area contributed by atoms with Crippen molar-refractivity contribution in [2.75, 3.05) is 0 Å². The van der Waals surface area contributed by atoms with Gasteiger partial charge in [-0.05, 0) is 52.7 Å². The molecule has 0 aliphatic carbocycles. The fourth-order valence-corrected chi connectivity index (χ4v) is 3.06. The Morgan fingerprint density at radius 2 is 1.65 bits per heavy atom. The zero-order chi connectivity index (χ0) is 17.9. The normalized spacial score (nSPS) is 11.5. The maximum atomic E-state index is 14.1. The van der Waals surface area contributed by atoms with Gasteiger partial charge in [-0.3, -0.25) is 0 Å². The number of nitriles is 1. The van der Waals surface area contributed by atoms with Crippen molar-refractivity contribution in [1.82, 2.24) is 4.57 Å². The molecule has 1 heterocycles. The van der Waals surface area contributed by atoms with E-state index in [0.717, 1.165) is 22.0 Å². The number of hydrogen-bond acceptors (Lipinski definition) is 1. The predicted octanol–water partition coefficient (Wildman–Crippen LogP) is 5.83. The fourth-order valence-electron chi connectivity index (χ4n) is 3.06. The average Bonchev–Trinajstić information content (AvgIpc) is 3.14. The minimum Gasteiger partial charge on any atom is -0.314 e. The Morgan fingerprint density at radius 3 is 2.46 bits per heavy atom. The van der Waals surface area contributed by atoms with Crippen LogP contribution in [-0.4, -0.2) is 4.57 Å². The van der Waals surface area contributed by atoms with Gasteiger partial charge in [0.05, 0.1) is 17.3 Å². The van der Waals surface area contributed by atoms with Crippen LogP contribution in [0.3, 0.4) is 0 Å². The Bertz CT molecular complexity index is 1160. The number of benzene rings is 3. The van der Waals surface area contributed by atoms with Crippen molar-refractivity contribution in [2.45, 2.75) is 0 Å². The first-order chi connectivity index (χ1) is 12.8. The van der Waals surface area contributed by atoms with Crippen LogP contribution in [-0.2, 0) is 0 Å². The Morgan fingerprint density at radius 1 is 0.885 bits per heavy atom. The van der Waals surface area contributed by atoms with Gasteiger partial charge >= 0.3 is 0 Å². The first-order valence-electron chi connectivity index (χ1n) is 8.29. The highest BCUT2D eigenvalue weighted by Crippen LogP contribution is 2.24. The smallest absolute Gasteiger partial charge is 0.147 e. The molecule has 2 nitrogen and oxygen atoms in total. The van der Waals surface area contributed by atoms with E-state index in [1.54, 1.807) is 35.0 Å². The van der Waals surface area contributed by atoms with Crippen LogP contribution in [0.4, 0.5) is 4.39 Å². The highest BCUT2D eigenvalue weighted by Gasteiger charge is 2.08. The van der Waals surface area contributed by atoms with Crippen molar-refractivity contribution in [1.29, 1.82) is 5.26 Å². The summed E-state index contributed by atoms with van der Waals surface area (Å²) < 4.78 is 15.9. The third-order valence-electron chi connectivity index (χ3n) is 4.37. The predicted molar refractivity (Wildman–Crippen MR) is 103 cm³/mol. The second-order valence-corrected chi connectivity index (χ2v) is 5.99. The van der Waals surface area contributed by atoms with Gasteiger partial charge in [-0.2, -0.15) is 5.26 Å².